The Balaban J connectivity index is 1.54. The summed E-state index contributed by atoms with van der Waals surface area (Å²) in [7, 11) is 0. The fraction of sp³-hybridized carbons (Fsp3) is 0.125. The number of hydrogen-bond donors (Lipinski definition) is 0. The van der Waals surface area contributed by atoms with Crippen molar-refractivity contribution in [1.82, 2.24) is 14.8 Å². The quantitative estimate of drug-likeness (QED) is 0.440. The minimum atomic E-state index is -0.766. The molecule has 0 saturated heterocycles. The van der Waals surface area contributed by atoms with Gasteiger partial charge in [-0.3, -0.25) is 4.68 Å². The highest BCUT2D eigenvalue weighted by Crippen LogP contribution is 2.35. The van der Waals surface area contributed by atoms with E-state index in [2.05, 4.69) is 10.1 Å². The van der Waals surface area contributed by atoms with E-state index in [1.165, 1.54) is 12.4 Å². The van der Waals surface area contributed by atoms with Gasteiger partial charge in [0, 0.05) is 5.02 Å². The summed E-state index contributed by atoms with van der Waals surface area (Å²) < 4.78 is 22.7. The van der Waals surface area contributed by atoms with Gasteiger partial charge in [0.1, 0.15) is 30.6 Å². The molecule has 1 aliphatic heterocycles. The van der Waals surface area contributed by atoms with Gasteiger partial charge in [0.25, 0.3) is 0 Å². The molecule has 0 bridgehead atoms. The predicted molar refractivity (Wildman–Crippen MR) is 117 cm³/mol. The fourth-order valence-electron chi connectivity index (χ4n) is 3.75. The second-order valence-corrected chi connectivity index (χ2v) is 7.83. The van der Waals surface area contributed by atoms with Crippen LogP contribution >= 0.6 is 11.6 Å². The molecule has 1 aliphatic rings. The molecule has 31 heavy (non-hydrogen) atoms. The summed E-state index contributed by atoms with van der Waals surface area (Å²) in [5.41, 5.74) is 2.21. The first kappa shape index (κ1) is 19.5. The molecule has 1 unspecified atom stereocenters. The number of nitrogens with zero attached hydrogens (tertiary/aromatic N) is 4. The van der Waals surface area contributed by atoms with Crippen LogP contribution in [-0.4, -0.2) is 27.3 Å². The molecule has 2 heterocycles. The Hall–Kier alpha value is -3.51. The number of halogens is 2. The summed E-state index contributed by atoms with van der Waals surface area (Å²) in [6, 6.07) is 22.2. The van der Waals surface area contributed by atoms with Gasteiger partial charge in [-0.2, -0.15) is 5.10 Å². The summed E-state index contributed by atoms with van der Waals surface area (Å²) in [5.74, 6) is -0.111. The van der Waals surface area contributed by atoms with Gasteiger partial charge >= 0.3 is 0 Å². The van der Waals surface area contributed by atoms with Crippen LogP contribution in [0.25, 0.3) is 11.1 Å². The van der Waals surface area contributed by atoms with Crippen molar-refractivity contribution in [2.45, 2.75) is 12.1 Å². The lowest BCUT2D eigenvalue weighted by Crippen LogP contribution is -2.31. The van der Waals surface area contributed by atoms with Crippen LogP contribution in [0.5, 0.6) is 0 Å². The first-order valence-corrected chi connectivity index (χ1v) is 10.2. The van der Waals surface area contributed by atoms with Crippen molar-refractivity contribution < 1.29 is 9.13 Å². The number of rotatable bonds is 5. The van der Waals surface area contributed by atoms with Crippen molar-refractivity contribution >= 4 is 17.5 Å². The third-order valence-corrected chi connectivity index (χ3v) is 5.59. The van der Waals surface area contributed by atoms with Gasteiger partial charge in [-0.1, -0.05) is 60.1 Å². The normalized spacial score (nSPS) is 17.9. The van der Waals surface area contributed by atoms with Gasteiger partial charge < -0.3 is 4.74 Å². The molecular formula is C24H18ClFN4O. The van der Waals surface area contributed by atoms with Gasteiger partial charge in [0.15, 0.2) is 0 Å². The summed E-state index contributed by atoms with van der Waals surface area (Å²) in [5, 5.41) is 4.84. The van der Waals surface area contributed by atoms with Crippen molar-refractivity contribution in [2.75, 3.05) is 6.61 Å². The molecule has 4 aromatic rings. The molecule has 0 aliphatic carbocycles. The Morgan fingerprint density at radius 3 is 2.52 bits per heavy atom. The fourth-order valence-corrected chi connectivity index (χ4v) is 3.87. The molecule has 3 aromatic carbocycles. The molecule has 154 valence electrons. The molecule has 0 amide bonds. The lowest BCUT2D eigenvalue weighted by atomic mass is 9.91. The monoisotopic (exact) mass is 432 g/mol. The van der Waals surface area contributed by atoms with Crippen LogP contribution in [0.2, 0.25) is 5.02 Å². The minimum Gasteiger partial charge on any atom is -0.474 e. The summed E-state index contributed by atoms with van der Waals surface area (Å²) in [6.07, 6.45) is 3.10. The summed E-state index contributed by atoms with van der Waals surface area (Å²) >= 11 is 6.07. The van der Waals surface area contributed by atoms with Gasteiger partial charge in [0.2, 0.25) is 5.90 Å². The van der Waals surface area contributed by atoms with E-state index in [9.17, 15) is 0 Å². The molecule has 0 fully saturated rings. The minimum absolute atomic E-state index is 0.254. The highest BCUT2D eigenvalue weighted by molar-refractivity contribution is 6.30. The van der Waals surface area contributed by atoms with E-state index in [4.69, 9.17) is 21.3 Å². The van der Waals surface area contributed by atoms with Crippen LogP contribution in [0, 0.1) is 5.82 Å². The zero-order chi connectivity index (χ0) is 21.3. The number of aromatic nitrogens is 3. The van der Waals surface area contributed by atoms with E-state index in [0.29, 0.717) is 17.1 Å². The van der Waals surface area contributed by atoms with Gasteiger partial charge in [-0.15, -0.1) is 0 Å². The van der Waals surface area contributed by atoms with E-state index in [0.717, 1.165) is 16.7 Å². The van der Waals surface area contributed by atoms with E-state index in [-0.39, 0.29) is 18.3 Å². The molecule has 0 N–H and O–H groups in total. The third-order valence-electron chi connectivity index (χ3n) is 5.34. The average Bonchev–Trinajstić information content (AvgIpc) is 3.46. The molecule has 0 spiro atoms. The second-order valence-electron chi connectivity index (χ2n) is 7.40. The average molecular weight is 433 g/mol. The van der Waals surface area contributed by atoms with Crippen molar-refractivity contribution in [1.29, 1.82) is 0 Å². The highest BCUT2D eigenvalue weighted by atomic mass is 35.5. The van der Waals surface area contributed by atoms with Gasteiger partial charge in [-0.25, -0.2) is 14.4 Å². The topological polar surface area (TPSA) is 52.3 Å². The molecule has 1 atom stereocenters. The number of hydrogen-bond acceptors (Lipinski definition) is 4. The van der Waals surface area contributed by atoms with Crippen molar-refractivity contribution in [3.8, 4) is 11.1 Å². The molecule has 7 heteroatoms. The van der Waals surface area contributed by atoms with Crippen LogP contribution in [0.3, 0.4) is 0 Å². The van der Waals surface area contributed by atoms with E-state index >= 15 is 4.39 Å². The Labute approximate surface area is 183 Å². The molecule has 1 aromatic heterocycles. The van der Waals surface area contributed by atoms with E-state index in [1.807, 2.05) is 60.7 Å². The highest BCUT2D eigenvalue weighted by Gasteiger charge is 2.40. The second kappa shape index (κ2) is 7.96. The largest absolute Gasteiger partial charge is 0.474 e. The van der Waals surface area contributed by atoms with Crippen LogP contribution in [-0.2, 0) is 16.8 Å². The van der Waals surface area contributed by atoms with Gasteiger partial charge in [0.05, 0.1) is 12.1 Å². The van der Waals surface area contributed by atoms with Crippen molar-refractivity contribution in [2.24, 2.45) is 4.99 Å². The standard InChI is InChI=1S/C24H18ClFN4O/c25-20-9-7-19(8-10-20)24(13-30-16-27-15-28-30)14-31-23(29-24)21-11-6-18(12-22(21)26)17-4-2-1-3-5-17/h1-12,15-16H,13-14H2. The Kier molecular flexibility index (Phi) is 5.00. The van der Waals surface area contributed by atoms with Gasteiger partial charge in [-0.05, 0) is 41.0 Å². The smallest absolute Gasteiger partial charge is 0.220 e. The lowest BCUT2D eigenvalue weighted by molar-refractivity contribution is 0.230. The van der Waals surface area contributed by atoms with Crippen molar-refractivity contribution in [3.63, 3.8) is 0 Å². The van der Waals surface area contributed by atoms with Crippen LogP contribution < -0.4 is 0 Å². The van der Waals surface area contributed by atoms with Crippen LogP contribution in [0.15, 0.2) is 90.4 Å². The Morgan fingerprint density at radius 1 is 1.00 bits per heavy atom. The first-order chi connectivity index (χ1) is 15.1. The predicted octanol–water partition coefficient (Wildman–Crippen LogP) is 5.11. The number of aliphatic imine (C=N–C) groups is 1. The van der Waals surface area contributed by atoms with Crippen LogP contribution in [0.4, 0.5) is 4.39 Å². The first-order valence-electron chi connectivity index (χ1n) is 9.79. The zero-order valence-corrected chi connectivity index (χ0v) is 17.2. The Bertz CT molecular complexity index is 1230. The van der Waals surface area contributed by atoms with Crippen LogP contribution in [0.1, 0.15) is 11.1 Å². The molecule has 0 radical (unpaired) electrons. The van der Waals surface area contributed by atoms with Crippen molar-refractivity contribution in [3.05, 3.63) is 107 Å². The maximum atomic E-state index is 15.1. The maximum absolute atomic E-state index is 15.1. The maximum Gasteiger partial charge on any atom is 0.220 e. The molecule has 5 rings (SSSR count). The SMILES string of the molecule is Fc1cc(-c2ccccc2)ccc1C1=NC(Cn2cncn2)(c2ccc(Cl)cc2)CO1. The van der Waals surface area contributed by atoms with E-state index in [1.54, 1.807) is 17.1 Å². The third kappa shape index (κ3) is 3.82. The number of benzene rings is 3. The lowest BCUT2D eigenvalue weighted by Gasteiger charge is -2.24. The zero-order valence-electron chi connectivity index (χ0n) is 16.5. The Morgan fingerprint density at radius 2 is 1.81 bits per heavy atom. The number of ether oxygens (including phenoxy) is 1. The molecule has 0 saturated carbocycles. The molecular weight excluding hydrogens is 415 g/mol. The summed E-state index contributed by atoms with van der Waals surface area (Å²) in [6.45, 7) is 0.658. The van der Waals surface area contributed by atoms with E-state index < -0.39 is 5.54 Å². The molecule has 5 nitrogen and oxygen atoms in total. The summed E-state index contributed by atoms with van der Waals surface area (Å²) in [4.78, 5) is 8.86.